The van der Waals surface area contributed by atoms with Gasteiger partial charge in [-0.15, -0.1) is 0 Å². The minimum atomic E-state index is -0.994. The zero-order valence-corrected chi connectivity index (χ0v) is 14.6. The molecular formula is C19H22N4O3. The van der Waals surface area contributed by atoms with Crippen molar-refractivity contribution < 1.29 is 14.7 Å². The van der Waals surface area contributed by atoms with E-state index in [2.05, 4.69) is 33.1 Å². The molecule has 3 aliphatic rings. The highest BCUT2D eigenvalue weighted by atomic mass is 16.4. The quantitative estimate of drug-likeness (QED) is 0.590. The molecule has 0 bridgehead atoms. The molecule has 0 saturated heterocycles. The SMILES string of the molecule is CNC/C=C/C1CNC2=C(C1)[C@@]1(Cc3cc(C(=O)O)cnc3C1)C(=O)N2. The lowest BCUT2D eigenvalue weighted by Crippen LogP contribution is -2.35. The Balaban J connectivity index is 1.63. The summed E-state index contributed by atoms with van der Waals surface area (Å²) < 4.78 is 0. The highest BCUT2D eigenvalue weighted by Gasteiger charge is 2.53. The highest BCUT2D eigenvalue weighted by molar-refractivity contribution is 5.93. The fourth-order valence-electron chi connectivity index (χ4n) is 4.23. The van der Waals surface area contributed by atoms with Crippen LogP contribution in [0.25, 0.3) is 0 Å². The van der Waals surface area contributed by atoms with Crippen LogP contribution in [0.3, 0.4) is 0 Å². The number of nitrogens with one attached hydrogen (secondary N) is 3. The number of carboxylic acid groups (broad SMARTS) is 1. The van der Waals surface area contributed by atoms with E-state index in [4.69, 9.17) is 0 Å². The van der Waals surface area contributed by atoms with Crippen LogP contribution in [0.5, 0.6) is 0 Å². The van der Waals surface area contributed by atoms with Crippen LogP contribution in [0.1, 0.15) is 28.0 Å². The van der Waals surface area contributed by atoms with Crippen molar-refractivity contribution in [1.29, 1.82) is 0 Å². The summed E-state index contributed by atoms with van der Waals surface area (Å²) in [5.41, 5.74) is 2.32. The number of rotatable bonds is 4. The molecule has 7 heteroatoms. The summed E-state index contributed by atoms with van der Waals surface area (Å²) in [7, 11) is 1.91. The van der Waals surface area contributed by atoms with Crippen molar-refractivity contribution in [2.75, 3.05) is 20.1 Å². The maximum atomic E-state index is 12.9. The topological polar surface area (TPSA) is 103 Å². The molecule has 1 aromatic heterocycles. The van der Waals surface area contributed by atoms with E-state index < -0.39 is 11.4 Å². The van der Waals surface area contributed by atoms with Crippen molar-refractivity contribution in [2.45, 2.75) is 19.3 Å². The summed E-state index contributed by atoms with van der Waals surface area (Å²) in [6.07, 6.45) is 7.54. The van der Waals surface area contributed by atoms with Crippen molar-refractivity contribution in [2.24, 2.45) is 11.3 Å². The van der Waals surface area contributed by atoms with Gasteiger partial charge in [-0.05, 0) is 43.0 Å². The van der Waals surface area contributed by atoms with Gasteiger partial charge in [-0.25, -0.2) is 4.79 Å². The van der Waals surface area contributed by atoms with Gasteiger partial charge in [0, 0.05) is 31.4 Å². The maximum Gasteiger partial charge on any atom is 0.337 e. The summed E-state index contributed by atoms with van der Waals surface area (Å²) in [5, 5.41) is 18.6. The molecule has 4 N–H and O–H groups in total. The van der Waals surface area contributed by atoms with E-state index >= 15 is 0 Å². The van der Waals surface area contributed by atoms with Crippen LogP contribution in [0, 0.1) is 11.3 Å². The molecule has 0 fully saturated rings. The first-order valence-electron chi connectivity index (χ1n) is 8.85. The average Bonchev–Trinajstić information content (AvgIpc) is 3.13. The van der Waals surface area contributed by atoms with Crippen molar-refractivity contribution in [3.63, 3.8) is 0 Å². The molecule has 7 nitrogen and oxygen atoms in total. The molecule has 2 aliphatic heterocycles. The van der Waals surface area contributed by atoms with Gasteiger partial charge in [0.1, 0.15) is 5.82 Å². The molecule has 3 heterocycles. The van der Waals surface area contributed by atoms with E-state index in [1.165, 1.54) is 6.20 Å². The number of fused-ring (bicyclic) bond motifs is 2. The molecule has 1 amide bonds. The third-order valence-electron chi connectivity index (χ3n) is 5.56. The van der Waals surface area contributed by atoms with E-state index in [1.807, 2.05) is 7.05 Å². The fraction of sp³-hybridized carbons (Fsp3) is 0.421. The van der Waals surface area contributed by atoms with Gasteiger partial charge in [0.15, 0.2) is 0 Å². The number of likely N-dealkylation sites (N-methyl/N-ethyl adjacent to an activating group) is 1. The Kier molecular flexibility index (Phi) is 4.03. The Bertz CT molecular complexity index is 845. The average molecular weight is 354 g/mol. The number of carboxylic acids is 1. The summed E-state index contributed by atoms with van der Waals surface area (Å²) in [6.45, 7) is 1.61. The molecule has 0 saturated carbocycles. The van der Waals surface area contributed by atoms with Crippen molar-refractivity contribution >= 4 is 11.9 Å². The summed E-state index contributed by atoms with van der Waals surface area (Å²) in [5.74, 6) is 0.160. The molecule has 26 heavy (non-hydrogen) atoms. The largest absolute Gasteiger partial charge is 0.478 e. The van der Waals surface area contributed by atoms with Crippen molar-refractivity contribution in [3.8, 4) is 0 Å². The zero-order valence-electron chi connectivity index (χ0n) is 14.6. The number of pyridine rings is 1. The third kappa shape index (κ3) is 2.59. The monoisotopic (exact) mass is 354 g/mol. The zero-order chi connectivity index (χ0) is 18.3. The molecule has 1 aromatic rings. The molecule has 4 rings (SSSR count). The van der Waals surface area contributed by atoms with Gasteiger partial charge < -0.3 is 21.1 Å². The summed E-state index contributed by atoms with van der Waals surface area (Å²) in [4.78, 5) is 28.4. The molecule has 0 radical (unpaired) electrons. The Morgan fingerprint density at radius 2 is 2.35 bits per heavy atom. The van der Waals surface area contributed by atoms with Gasteiger partial charge in [-0.3, -0.25) is 9.78 Å². The molecule has 136 valence electrons. The Hall–Kier alpha value is -2.67. The van der Waals surface area contributed by atoms with Gasteiger partial charge in [0.2, 0.25) is 5.91 Å². The molecule has 1 spiro atoms. The van der Waals surface area contributed by atoms with E-state index in [9.17, 15) is 14.7 Å². The minimum absolute atomic E-state index is 0.00951. The first-order chi connectivity index (χ1) is 12.5. The van der Waals surface area contributed by atoms with Crippen LogP contribution in [0.4, 0.5) is 0 Å². The van der Waals surface area contributed by atoms with Crippen LogP contribution in [-0.4, -0.2) is 42.1 Å². The lowest BCUT2D eigenvalue weighted by Gasteiger charge is -2.29. The second-order valence-electron chi connectivity index (χ2n) is 7.21. The van der Waals surface area contributed by atoms with Crippen LogP contribution in [-0.2, 0) is 17.6 Å². The van der Waals surface area contributed by atoms with Gasteiger partial charge in [0.25, 0.3) is 0 Å². The normalized spacial score (nSPS) is 26.8. The number of carbonyl (C=O) groups is 2. The first kappa shape index (κ1) is 16.8. The fourth-order valence-corrected chi connectivity index (χ4v) is 4.23. The second kappa shape index (κ2) is 6.25. The number of carbonyl (C=O) groups excluding carboxylic acids is 1. The number of hydrogen-bond acceptors (Lipinski definition) is 5. The second-order valence-corrected chi connectivity index (χ2v) is 7.21. The van der Waals surface area contributed by atoms with E-state index in [0.717, 1.165) is 42.2 Å². The number of aromatic carboxylic acids is 1. The number of amides is 1. The lowest BCUT2D eigenvalue weighted by atomic mass is 9.74. The number of aromatic nitrogens is 1. The van der Waals surface area contributed by atoms with Crippen molar-refractivity contribution in [1.82, 2.24) is 20.9 Å². The third-order valence-corrected chi connectivity index (χ3v) is 5.56. The Morgan fingerprint density at radius 1 is 1.50 bits per heavy atom. The molecule has 1 unspecified atom stereocenters. The minimum Gasteiger partial charge on any atom is -0.478 e. The molecule has 1 aliphatic carbocycles. The first-order valence-corrected chi connectivity index (χ1v) is 8.85. The van der Waals surface area contributed by atoms with Gasteiger partial charge in [-0.1, -0.05) is 12.2 Å². The van der Waals surface area contributed by atoms with Crippen LogP contribution < -0.4 is 16.0 Å². The Morgan fingerprint density at radius 3 is 3.12 bits per heavy atom. The van der Waals surface area contributed by atoms with Gasteiger partial charge >= 0.3 is 5.97 Å². The number of hydrogen-bond donors (Lipinski definition) is 4. The van der Waals surface area contributed by atoms with Gasteiger partial charge in [0.05, 0.1) is 11.0 Å². The van der Waals surface area contributed by atoms with Crippen molar-refractivity contribution in [3.05, 3.63) is 52.6 Å². The smallest absolute Gasteiger partial charge is 0.337 e. The van der Waals surface area contributed by atoms with Crippen LogP contribution in [0.15, 0.2) is 35.8 Å². The maximum absolute atomic E-state index is 12.9. The summed E-state index contributed by atoms with van der Waals surface area (Å²) in [6, 6.07) is 1.66. The number of nitrogens with zero attached hydrogens (tertiary/aromatic N) is 1. The lowest BCUT2D eigenvalue weighted by molar-refractivity contribution is -0.126. The van der Waals surface area contributed by atoms with Crippen LogP contribution >= 0.6 is 0 Å². The molecular weight excluding hydrogens is 332 g/mol. The Labute approximate surface area is 151 Å². The van der Waals surface area contributed by atoms with Gasteiger partial charge in [-0.2, -0.15) is 0 Å². The predicted molar refractivity (Wildman–Crippen MR) is 95.4 cm³/mol. The highest BCUT2D eigenvalue weighted by Crippen LogP contribution is 2.49. The van der Waals surface area contributed by atoms with Crippen LogP contribution in [0.2, 0.25) is 0 Å². The standard InChI is InChI=1S/C19H22N4O3/c1-20-4-2-3-11-5-14-16(22-9-11)23-18(26)19(14)7-12-6-13(17(24)25)10-21-15(12)8-19/h2-3,6,10-11,20,22H,4-5,7-9H2,1H3,(H,23,26)(H,24,25)/b3-2+/t11?,19-/m0/s1. The summed E-state index contributed by atoms with van der Waals surface area (Å²) >= 11 is 0. The predicted octanol–water partition coefficient (Wildman–Crippen LogP) is 0.591. The molecule has 0 aromatic carbocycles. The van der Waals surface area contributed by atoms with E-state index in [0.29, 0.717) is 18.8 Å². The molecule has 2 atom stereocenters. The van der Waals surface area contributed by atoms with E-state index in [-0.39, 0.29) is 11.5 Å². The van der Waals surface area contributed by atoms with E-state index in [1.54, 1.807) is 6.07 Å².